The summed E-state index contributed by atoms with van der Waals surface area (Å²) in [6.07, 6.45) is -0.385. The summed E-state index contributed by atoms with van der Waals surface area (Å²) in [5.41, 5.74) is 17.1. The number of nitrogens with one attached hydrogen (secondary N) is 3. The van der Waals surface area contributed by atoms with Crippen LogP contribution in [0.3, 0.4) is 0 Å². The fourth-order valence-electron chi connectivity index (χ4n) is 3.47. The number of hydrogen-bond acceptors (Lipinski definition) is 7. The normalized spacial score (nSPS) is 13.8. The lowest BCUT2D eigenvalue weighted by molar-refractivity contribution is -0.142. The van der Waals surface area contributed by atoms with Crippen LogP contribution in [0, 0.1) is 5.92 Å². The Labute approximate surface area is 226 Å². The van der Waals surface area contributed by atoms with Gasteiger partial charge < -0.3 is 43.4 Å². The summed E-state index contributed by atoms with van der Waals surface area (Å²) in [7, 11) is 0. The molecule has 0 spiro atoms. The number of nitrogens with two attached hydrogens (primary N) is 3. The standard InChI is InChI=1S/C25H39N7O7/c1-14(2)20(26)23(37)30-16(10-11-19(33)34)21(35)32-18(13-15-7-4-3-5-8-15)22(36)31-17(24(38)39)9-6-12-29-25(27)28/h3-5,7-8,14,16-18,20H,6,9-13,26H2,1-2H3,(H,30,37)(H,31,36)(H,32,35)(H,33,34)(H,38,39)(H4,27,28,29). The summed E-state index contributed by atoms with van der Waals surface area (Å²) in [5, 5.41) is 26.1. The van der Waals surface area contributed by atoms with Crippen molar-refractivity contribution in [2.24, 2.45) is 28.1 Å². The topological polar surface area (TPSA) is 252 Å². The molecule has 0 radical (unpaired) electrons. The number of carboxylic acid groups (broad SMARTS) is 2. The molecular weight excluding hydrogens is 510 g/mol. The van der Waals surface area contributed by atoms with Crippen LogP contribution in [-0.4, -0.2) is 76.5 Å². The van der Waals surface area contributed by atoms with Crippen LogP contribution in [0.1, 0.15) is 45.1 Å². The average molecular weight is 550 g/mol. The maximum absolute atomic E-state index is 13.2. The van der Waals surface area contributed by atoms with Crippen molar-refractivity contribution in [1.29, 1.82) is 0 Å². The molecule has 0 fully saturated rings. The summed E-state index contributed by atoms with van der Waals surface area (Å²) >= 11 is 0. The molecule has 0 aliphatic carbocycles. The highest BCUT2D eigenvalue weighted by Gasteiger charge is 2.31. The van der Waals surface area contributed by atoms with Crippen molar-refractivity contribution in [3.63, 3.8) is 0 Å². The Hall–Kier alpha value is -4.20. The summed E-state index contributed by atoms with van der Waals surface area (Å²) in [6.45, 7) is 3.59. The molecular formula is C25H39N7O7. The molecule has 11 N–H and O–H groups in total. The van der Waals surface area contributed by atoms with E-state index in [4.69, 9.17) is 22.3 Å². The summed E-state index contributed by atoms with van der Waals surface area (Å²) in [4.78, 5) is 65.6. The fourth-order valence-corrected chi connectivity index (χ4v) is 3.47. The zero-order valence-corrected chi connectivity index (χ0v) is 22.1. The van der Waals surface area contributed by atoms with Crippen molar-refractivity contribution < 1.29 is 34.2 Å². The van der Waals surface area contributed by atoms with Crippen molar-refractivity contribution in [1.82, 2.24) is 16.0 Å². The highest BCUT2D eigenvalue weighted by molar-refractivity contribution is 5.94. The average Bonchev–Trinajstić information content (AvgIpc) is 2.87. The Morgan fingerprint density at radius 3 is 1.95 bits per heavy atom. The van der Waals surface area contributed by atoms with Gasteiger partial charge in [-0.25, -0.2) is 4.79 Å². The maximum atomic E-state index is 13.2. The first kappa shape index (κ1) is 32.8. The minimum absolute atomic E-state index is 0.00383. The number of carboxylic acids is 2. The highest BCUT2D eigenvalue weighted by atomic mass is 16.4. The first-order valence-corrected chi connectivity index (χ1v) is 12.5. The van der Waals surface area contributed by atoms with Gasteiger partial charge in [-0.15, -0.1) is 0 Å². The molecule has 0 aliphatic heterocycles. The number of hydrogen-bond donors (Lipinski definition) is 8. The molecule has 3 amide bonds. The molecule has 0 aliphatic rings. The Bertz CT molecular complexity index is 1010. The van der Waals surface area contributed by atoms with Crippen LogP contribution >= 0.6 is 0 Å². The number of aliphatic carboxylic acids is 2. The monoisotopic (exact) mass is 549 g/mol. The molecule has 0 heterocycles. The number of carbonyl (C=O) groups is 5. The third-order valence-corrected chi connectivity index (χ3v) is 5.78. The molecule has 0 saturated carbocycles. The first-order chi connectivity index (χ1) is 18.3. The first-order valence-electron chi connectivity index (χ1n) is 12.5. The molecule has 14 heteroatoms. The van der Waals surface area contributed by atoms with Crippen LogP contribution in [0.15, 0.2) is 35.3 Å². The van der Waals surface area contributed by atoms with Gasteiger partial charge in [-0.2, -0.15) is 0 Å². The molecule has 4 unspecified atom stereocenters. The zero-order valence-electron chi connectivity index (χ0n) is 22.1. The van der Waals surface area contributed by atoms with Gasteiger partial charge in [0.15, 0.2) is 5.96 Å². The van der Waals surface area contributed by atoms with Gasteiger partial charge in [-0.1, -0.05) is 44.2 Å². The number of amides is 3. The number of nitrogens with zero attached hydrogens (tertiary/aromatic N) is 1. The van der Waals surface area contributed by atoms with Crippen LogP contribution in [-0.2, 0) is 30.4 Å². The largest absolute Gasteiger partial charge is 0.481 e. The number of rotatable bonds is 17. The summed E-state index contributed by atoms with van der Waals surface area (Å²) in [5.74, 6) is -5.09. The number of guanidine groups is 1. The zero-order chi connectivity index (χ0) is 29.5. The van der Waals surface area contributed by atoms with E-state index in [0.29, 0.717) is 5.56 Å². The molecule has 0 saturated heterocycles. The lowest BCUT2D eigenvalue weighted by Gasteiger charge is -2.25. The fraction of sp³-hybridized carbons (Fsp3) is 0.520. The molecule has 39 heavy (non-hydrogen) atoms. The van der Waals surface area contributed by atoms with Crippen molar-refractivity contribution in [2.45, 2.75) is 70.1 Å². The minimum atomic E-state index is -1.29. The third-order valence-electron chi connectivity index (χ3n) is 5.78. The predicted molar refractivity (Wildman–Crippen MR) is 143 cm³/mol. The van der Waals surface area contributed by atoms with E-state index in [9.17, 15) is 29.1 Å². The lowest BCUT2D eigenvalue weighted by atomic mass is 10.0. The minimum Gasteiger partial charge on any atom is -0.481 e. The molecule has 1 rings (SSSR count). The van der Waals surface area contributed by atoms with E-state index >= 15 is 0 Å². The number of aliphatic imine (C=N–C) groups is 1. The van der Waals surface area contributed by atoms with Gasteiger partial charge in [0.2, 0.25) is 17.7 Å². The van der Waals surface area contributed by atoms with E-state index < -0.39 is 60.2 Å². The van der Waals surface area contributed by atoms with Crippen molar-refractivity contribution in [3.8, 4) is 0 Å². The third kappa shape index (κ3) is 12.7. The van der Waals surface area contributed by atoms with Gasteiger partial charge in [-0.05, 0) is 30.7 Å². The van der Waals surface area contributed by atoms with E-state index in [1.54, 1.807) is 44.2 Å². The number of benzene rings is 1. The van der Waals surface area contributed by atoms with E-state index in [1.807, 2.05) is 0 Å². The van der Waals surface area contributed by atoms with Crippen molar-refractivity contribution >= 4 is 35.6 Å². The van der Waals surface area contributed by atoms with Crippen LogP contribution in [0.2, 0.25) is 0 Å². The predicted octanol–water partition coefficient (Wildman–Crippen LogP) is -1.33. The molecule has 216 valence electrons. The Kier molecular flexibility index (Phi) is 14.0. The Morgan fingerprint density at radius 1 is 0.846 bits per heavy atom. The molecule has 4 atom stereocenters. The maximum Gasteiger partial charge on any atom is 0.326 e. The summed E-state index contributed by atoms with van der Waals surface area (Å²) in [6, 6.07) is 3.93. The van der Waals surface area contributed by atoms with Gasteiger partial charge in [0.25, 0.3) is 0 Å². The second-order valence-corrected chi connectivity index (χ2v) is 9.36. The summed E-state index contributed by atoms with van der Waals surface area (Å²) < 4.78 is 0. The lowest BCUT2D eigenvalue weighted by Crippen LogP contribution is -2.58. The Morgan fingerprint density at radius 2 is 1.41 bits per heavy atom. The highest BCUT2D eigenvalue weighted by Crippen LogP contribution is 2.08. The van der Waals surface area contributed by atoms with E-state index in [0.717, 1.165) is 0 Å². The van der Waals surface area contributed by atoms with E-state index in [-0.39, 0.29) is 44.1 Å². The molecule has 0 bridgehead atoms. The van der Waals surface area contributed by atoms with E-state index in [1.165, 1.54) is 0 Å². The second kappa shape index (κ2) is 16.6. The van der Waals surface area contributed by atoms with Crippen LogP contribution in [0.4, 0.5) is 0 Å². The van der Waals surface area contributed by atoms with Gasteiger partial charge >= 0.3 is 11.9 Å². The van der Waals surface area contributed by atoms with Gasteiger partial charge in [0, 0.05) is 19.4 Å². The molecule has 14 nitrogen and oxygen atoms in total. The SMILES string of the molecule is CC(C)C(N)C(=O)NC(CCC(=O)O)C(=O)NC(Cc1ccccc1)C(=O)NC(CCCN=C(N)N)C(=O)O. The second-order valence-electron chi connectivity index (χ2n) is 9.36. The van der Waals surface area contributed by atoms with Gasteiger partial charge in [0.1, 0.15) is 18.1 Å². The van der Waals surface area contributed by atoms with E-state index in [2.05, 4.69) is 20.9 Å². The van der Waals surface area contributed by atoms with Gasteiger partial charge in [0.05, 0.1) is 6.04 Å². The Balaban J connectivity index is 3.12. The molecule has 1 aromatic rings. The van der Waals surface area contributed by atoms with Gasteiger partial charge in [-0.3, -0.25) is 24.2 Å². The molecule has 0 aromatic heterocycles. The quantitative estimate of drug-likeness (QED) is 0.0645. The van der Waals surface area contributed by atoms with Crippen LogP contribution < -0.4 is 33.2 Å². The number of carbonyl (C=O) groups excluding carboxylic acids is 3. The molecule has 1 aromatic carbocycles. The van der Waals surface area contributed by atoms with Crippen molar-refractivity contribution in [2.75, 3.05) is 6.54 Å². The smallest absolute Gasteiger partial charge is 0.326 e. The van der Waals surface area contributed by atoms with Crippen LogP contribution in [0.25, 0.3) is 0 Å². The van der Waals surface area contributed by atoms with Crippen molar-refractivity contribution in [3.05, 3.63) is 35.9 Å². The van der Waals surface area contributed by atoms with Crippen LogP contribution in [0.5, 0.6) is 0 Å².